The number of allylic oxidation sites excluding steroid dienone is 1. The maximum Gasteiger partial charge on any atom is 0.138 e. The smallest absolute Gasteiger partial charge is 0.138 e. The van der Waals surface area contributed by atoms with E-state index in [1.54, 1.807) is 6.08 Å². The monoisotopic (exact) mass is 100 g/mol. The second-order valence-electron chi connectivity index (χ2n) is 1.29. The molecule has 40 valence electrons. The molecule has 0 saturated heterocycles. The first-order valence-electron chi connectivity index (χ1n) is 2.34. The van der Waals surface area contributed by atoms with Crippen LogP contribution in [0.15, 0.2) is 17.6 Å². The van der Waals surface area contributed by atoms with E-state index in [4.69, 9.17) is 0 Å². The lowest BCUT2D eigenvalue weighted by molar-refractivity contribution is 0.642. The Morgan fingerprint density at radius 3 is 2.57 bits per heavy atom. The van der Waals surface area contributed by atoms with Crippen molar-refractivity contribution in [2.24, 2.45) is 0 Å². The molecule has 1 heteroatoms. The van der Waals surface area contributed by atoms with E-state index < -0.39 is 0 Å². The van der Waals surface area contributed by atoms with Gasteiger partial charge in [-0.3, -0.25) is 0 Å². The Morgan fingerprint density at radius 2 is 2.43 bits per heavy atom. The first-order chi connectivity index (χ1) is 3.27. The van der Waals surface area contributed by atoms with Crippen LogP contribution in [0.3, 0.4) is 0 Å². The van der Waals surface area contributed by atoms with Gasteiger partial charge in [0.25, 0.3) is 0 Å². The molecule has 0 aliphatic heterocycles. The summed E-state index contributed by atoms with van der Waals surface area (Å²) in [6, 6.07) is 0. The number of rotatable bonds is 1. The van der Waals surface area contributed by atoms with Crippen LogP contribution in [-0.2, 0) is 0 Å². The van der Waals surface area contributed by atoms with Crippen LogP contribution in [0.25, 0.3) is 0 Å². The van der Waals surface area contributed by atoms with Gasteiger partial charge in [0.15, 0.2) is 0 Å². The summed E-state index contributed by atoms with van der Waals surface area (Å²) in [4.78, 5) is 0. The highest BCUT2D eigenvalue weighted by atomic mass is 19.1. The van der Waals surface area contributed by atoms with Crippen molar-refractivity contribution in [1.82, 2.24) is 0 Å². The maximum atomic E-state index is 11.7. The molecule has 0 aromatic carbocycles. The van der Waals surface area contributed by atoms with Crippen LogP contribution >= 0.6 is 0 Å². The van der Waals surface area contributed by atoms with E-state index in [0.717, 1.165) is 6.42 Å². The summed E-state index contributed by atoms with van der Waals surface area (Å²) in [6.45, 7) is 3.32. The van der Waals surface area contributed by atoms with Crippen LogP contribution in [-0.4, -0.2) is 0 Å². The average molecular weight is 100 g/mol. The van der Waals surface area contributed by atoms with Gasteiger partial charge in [-0.1, -0.05) is 12.7 Å². The largest absolute Gasteiger partial charge is 0.203 e. The molecule has 0 aromatic rings. The molecule has 0 aliphatic carbocycles. The molecule has 0 rings (SSSR count). The summed E-state index contributed by atoms with van der Waals surface area (Å²) >= 11 is 0. The lowest BCUT2D eigenvalue weighted by Crippen LogP contribution is -1.50. The summed E-state index contributed by atoms with van der Waals surface area (Å²) in [7, 11) is 0. The minimum Gasteiger partial charge on any atom is -0.203 e. The van der Waals surface area contributed by atoms with Gasteiger partial charge in [-0.05, 0) is 19.4 Å². The van der Waals surface area contributed by atoms with E-state index >= 15 is 0 Å². The third-order valence-corrected chi connectivity index (χ3v) is 0.505. The van der Waals surface area contributed by atoms with E-state index in [2.05, 4.69) is 5.73 Å². The molecule has 0 bridgehead atoms. The molecule has 0 atom stereocenters. The SMILES string of the molecule is CCC=C=C(C)F. The van der Waals surface area contributed by atoms with Crippen molar-refractivity contribution in [3.05, 3.63) is 17.6 Å². The summed E-state index contributed by atoms with van der Waals surface area (Å²) in [6.07, 6.45) is 2.51. The third-order valence-electron chi connectivity index (χ3n) is 0.505. The zero-order valence-corrected chi connectivity index (χ0v) is 4.66. The molecule has 0 aromatic heterocycles. The summed E-state index contributed by atoms with van der Waals surface area (Å²) in [5, 5.41) is 0. The molecule has 0 heterocycles. The van der Waals surface area contributed by atoms with E-state index in [1.807, 2.05) is 6.92 Å². The lowest BCUT2D eigenvalue weighted by atomic mass is 10.4. The minimum absolute atomic E-state index is 0.248. The zero-order chi connectivity index (χ0) is 5.70. The molecule has 0 unspecified atom stereocenters. The second-order valence-corrected chi connectivity index (χ2v) is 1.29. The fraction of sp³-hybridized carbons (Fsp3) is 0.500. The Kier molecular flexibility index (Phi) is 3.35. The van der Waals surface area contributed by atoms with E-state index in [-0.39, 0.29) is 5.83 Å². The molecule has 0 spiro atoms. The molecular weight excluding hydrogens is 91.1 g/mol. The highest BCUT2D eigenvalue weighted by Crippen LogP contribution is 1.87. The van der Waals surface area contributed by atoms with Gasteiger partial charge < -0.3 is 0 Å². The highest BCUT2D eigenvalue weighted by molar-refractivity contribution is 4.87. The summed E-state index contributed by atoms with van der Waals surface area (Å²) in [5.74, 6) is -0.248. The van der Waals surface area contributed by atoms with Gasteiger partial charge in [-0.2, -0.15) is 0 Å². The van der Waals surface area contributed by atoms with E-state index in [9.17, 15) is 4.39 Å². The lowest BCUT2D eigenvalue weighted by Gasteiger charge is -1.69. The number of hydrogen-bond donors (Lipinski definition) is 0. The highest BCUT2D eigenvalue weighted by Gasteiger charge is 1.69. The Bertz CT molecular complexity index is 92.7. The Morgan fingerprint density at radius 1 is 1.86 bits per heavy atom. The van der Waals surface area contributed by atoms with Gasteiger partial charge >= 0.3 is 0 Å². The van der Waals surface area contributed by atoms with Gasteiger partial charge in [-0.25, -0.2) is 4.39 Å². The molecule has 0 fully saturated rings. The molecule has 0 N–H and O–H groups in total. The molecule has 0 radical (unpaired) electrons. The van der Waals surface area contributed by atoms with Crippen molar-refractivity contribution in [1.29, 1.82) is 0 Å². The summed E-state index contributed by atoms with van der Waals surface area (Å²) < 4.78 is 11.7. The van der Waals surface area contributed by atoms with Gasteiger partial charge in [0.2, 0.25) is 0 Å². The fourth-order valence-electron chi connectivity index (χ4n) is 0.243. The van der Waals surface area contributed by atoms with Crippen molar-refractivity contribution in [2.75, 3.05) is 0 Å². The Hall–Kier alpha value is -0.550. The third kappa shape index (κ3) is 5.45. The van der Waals surface area contributed by atoms with E-state index in [0.29, 0.717) is 0 Å². The predicted octanol–water partition coefficient (Wildman–Crippen LogP) is 2.42. The quantitative estimate of drug-likeness (QED) is 0.444. The normalized spacial score (nSPS) is 7.29. The fourth-order valence-corrected chi connectivity index (χ4v) is 0.243. The van der Waals surface area contributed by atoms with Gasteiger partial charge in [0.1, 0.15) is 5.83 Å². The standard InChI is InChI=1S/C6H9F/c1-3-4-5-6(2)7/h4H,3H2,1-2H3. The second kappa shape index (κ2) is 3.63. The van der Waals surface area contributed by atoms with Crippen LogP contribution in [0.4, 0.5) is 4.39 Å². The maximum absolute atomic E-state index is 11.7. The Balaban J connectivity index is 3.62. The first-order valence-corrected chi connectivity index (χ1v) is 2.34. The topological polar surface area (TPSA) is 0 Å². The van der Waals surface area contributed by atoms with Gasteiger partial charge in [0, 0.05) is 0 Å². The van der Waals surface area contributed by atoms with Crippen LogP contribution < -0.4 is 0 Å². The van der Waals surface area contributed by atoms with Gasteiger partial charge in [0.05, 0.1) is 0 Å². The predicted molar refractivity (Wildman–Crippen MR) is 28.7 cm³/mol. The molecule has 0 nitrogen and oxygen atoms in total. The molecule has 0 amide bonds. The van der Waals surface area contributed by atoms with Crippen LogP contribution in [0.2, 0.25) is 0 Å². The van der Waals surface area contributed by atoms with Crippen LogP contribution in [0.5, 0.6) is 0 Å². The molecule has 0 saturated carbocycles. The van der Waals surface area contributed by atoms with Gasteiger partial charge in [-0.15, -0.1) is 0 Å². The van der Waals surface area contributed by atoms with Crippen molar-refractivity contribution in [2.45, 2.75) is 20.3 Å². The number of hydrogen-bond acceptors (Lipinski definition) is 0. The Labute approximate surface area is 43.4 Å². The minimum atomic E-state index is -0.248. The summed E-state index contributed by atoms with van der Waals surface area (Å²) in [5.41, 5.74) is 2.42. The first kappa shape index (κ1) is 6.45. The van der Waals surface area contributed by atoms with Crippen LogP contribution in [0, 0.1) is 0 Å². The van der Waals surface area contributed by atoms with Crippen molar-refractivity contribution in [3.63, 3.8) is 0 Å². The van der Waals surface area contributed by atoms with Crippen molar-refractivity contribution < 1.29 is 4.39 Å². The van der Waals surface area contributed by atoms with Crippen LogP contribution in [0.1, 0.15) is 20.3 Å². The molecule has 0 aliphatic rings. The number of halogens is 1. The average Bonchev–Trinajstić information content (AvgIpc) is 1.61. The van der Waals surface area contributed by atoms with E-state index in [1.165, 1.54) is 6.92 Å². The van der Waals surface area contributed by atoms with Crippen molar-refractivity contribution >= 4 is 0 Å². The van der Waals surface area contributed by atoms with Crippen molar-refractivity contribution in [3.8, 4) is 0 Å². The molecular formula is C6H9F. The zero-order valence-electron chi connectivity index (χ0n) is 4.66. The molecule has 7 heavy (non-hydrogen) atoms.